The van der Waals surface area contributed by atoms with E-state index in [-0.39, 0.29) is 17.0 Å². The van der Waals surface area contributed by atoms with Gasteiger partial charge in [-0.05, 0) is 55.0 Å². The lowest BCUT2D eigenvalue weighted by molar-refractivity contribution is -0.123. The highest BCUT2D eigenvalue weighted by atomic mass is 32.2. The molecule has 1 aliphatic rings. The molecule has 0 spiro atoms. The number of ether oxygens (including phenoxy) is 1. The molecule has 8 heteroatoms. The number of rotatable bonds is 5. The first-order valence-electron chi connectivity index (χ1n) is 10.5. The molecule has 6 nitrogen and oxygen atoms in total. The van der Waals surface area contributed by atoms with Gasteiger partial charge in [0.2, 0.25) is 0 Å². The minimum absolute atomic E-state index is 0.0257. The molecule has 1 aromatic heterocycles. The van der Waals surface area contributed by atoms with E-state index in [2.05, 4.69) is 6.07 Å². The first kappa shape index (κ1) is 22.9. The van der Waals surface area contributed by atoms with E-state index < -0.39 is 0 Å². The molecule has 2 aromatic carbocycles. The van der Waals surface area contributed by atoms with Crippen LogP contribution in [0.1, 0.15) is 18.4 Å². The van der Waals surface area contributed by atoms with Crippen molar-refractivity contribution in [3.8, 4) is 17.5 Å². The largest absolute Gasteiger partial charge is 0.495 e. The number of methoxy groups -OCH3 is 1. The summed E-state index contributed by atoms with van der Waals surface area (Å²) in [4.78, 5) is 29.6. The van der Waals surface area contributed by atoms with Crippen LogP contribution < -0.4 is 19.5 Å². The number of nitriles is 1. The number of likely N-dealkylation sites (tertiary alicyclic amines) is 1. The number of carbonyl (C=O) groups excluding carboxylic acids is 1. The van der Waals surface area contributed by atoms with Gasteiger partial charge >= 0.3 is 0 Å². The number of aromatic nitrogens is 1. The summed E-state index contributed by atoms with van der Waals surface area (Å²) in [6.45, 7) is 1.24. The van der Waals surface area contributed by atoms with Crippen LogP contribution in [0.4, 0.5) is 0 Å². The molecule has 33 heavy (non-hydrogen) atoms. The van der Waals surface area contributed by atoms with Gasteiger partial charge in [-0.3, -0.25) is 14.2 Å². The van der Waals surface area contributed by atoms with E-state index in [1.165, 1.54) is 11.7 Å². The Kier molecular flexibility index (Phi) is 7.02. The number of nitrogens with zero attached hydrogens (tertiary/aromatic N) is 3. The number of carbonyl (C=O) groups is 1. The molecule has 0 atom stereocenters. The molecule has 0 saturated carbocycles. The summed E-state index contributed by atoms with van der Waals surface area (Å²) in [5.74, 6) is 0.149. The summed E-state index contributed by atoms with van der Waals surface area (Å²) in [6, 6.07) is 17.1. The quantitative estimate of drug-likeness (QED) is 0.529. The molecule has 1 amide bonds. The maximum atomic E-state index is 13.6. The van der Waals surface area contributed by atoms with Crippen molar-refractivity contribution in [2.24, 2.45) is 0 Å². The van der Waals surface area contributed by atoms with Crippen molar-refractivity contribution in [3.05, 3.63) is 73.6 Å². The second-order valence-electron chi connectivity index (χ2n) is 7.49. The molecule has 1 fully saturated rings. The van der Waals surface area contributed by atoms with Gasteiger partial charge in [-0.15, -0.1) is 23.1 Å². The van der Waals surface area contributed by atoms with Crippen LogP contribution in [0.25, 0.3) is 17.3 Å². The molecule has 1 aliphatic heterocycles. The summed E-state index contributed by atoms with van der Waals surface area (Å²) in [5, 5.41) is 9.97. The molecule has 0 radical (unpaired) electrons. The predicted molar refractivity (Wildman–Crippen MR) is 132 cm³/mol. The molecule has 0 aliphatic carbocycles. The molecular weight excluding hydrogens is 454 g/mol. The minimum Gasteiger partial charge on any atom is -0.495 e. The van der Waals surface area contributed by atoms with E-state index in [0.717, 1.165) is 34.6 Å². The van der Waals surface area contributed by atoms with Crippen molar-refractivity contribution in [2.45, 2.75) is 17.7 Å². The number of thiazole rings is 1. The first-order chi connectivity index (χ1) is 16.1. The highest BCUT2D eigenvalue weighted by molar-refractivity contribution is 7.98. The van der Waals surface area contributed by atoms with Crippen molar-refractivity contribution in [1.29, 1.82) is 5.26 Å². The van der Waals surface area contributed by atoms with Gasteiger partial charge in [0, 0.05) is 18.0 Å². The fraction of sp³-hybridized carbons (Fsp3) is 0.240. The van der Waals surface area contributed by atoms with Gasteiger partial charge in [0.05, 0.1) is 17.3 Å². The van der Waals surface area contributed by atoms with Gasteiger partial charge in [-0.1, -0.05) is 24.3 Å². The molecule has 0 N–H and O–H groups in total. The lowest BCUT2D eigenvalue weighted by Gasteiger charge is -2.14. The highest BCUT2D eigenvalue weighted by Gasteiger charge is 2.25. The summed E-state index contributed by atoms with van der Waals surface area (Å²) in [7, 11) is 1.53. The summed E-state index contributed by atoms with van der Waals surface area (Å²) in [6.07, 6.45) is 5.63. The average Bonchev–Trinajstić information content (AvgIpc) is 3.49. The average molecular weight is 478 g/mol. The molecule has 1 saturated heterocycles. The number of benzene rings is 2. The van der Waals surface area contributed by atoms with E-state index in [9.17, 15) is 14.9 Å². The van der Waals surface area contributed by atoms with E-state index >= 15 is 0 Å². The van der Waals surface area contributed by atoms with Crippen LogP contribution in [0.3, 0.4) is 0 Å². The summed E-state index contributed by atoms with van der Waals surface area (Å²) >= 11 is 2.80. The fourth-order valence-electron chi connectivity index (χ4n) is 3.80. The maximum Gasteiger partial charge on any atom is 0.273 e. The van der Waals surface area contributed by atoms with E-state index in [1.807, 2.05) is 36.6 Å². The van der Waals surface area contributed by atoms with Crippen LogP contribution in [0, 0.1) is 11.3 Å². The van der Waals surface area contributed by atoms with Crippen molar-refractivity contribution in [3.63, 3.8) is 0 Å². The summed E-state index contributed by atoms with van der Waals surface area (Å²) < 4.78 is 7.67. The molecule has 0 bridgehead atoms. The van der Waals surface area contributed by atoms with E-state index in [0.29, 0.717) is 33.7 Å². The fourth-order valence-corrected chi connectivity index (χ4v) is 5.30. The lowest BCUT2D eigenvalue weighted by Crippen LogP contribution is -2.35. The monoisotopic (exact) mass is 477 g/mol. The van der Waals surface area contributed by atoms with Gasteiger partial charge < -0.3 is 9.64 Å². The second kappa shape index (κ2) is 10.1. The Morgan fingerprint density at radius 2 is 1.85 bits per heavy atom. The molecular formula is C25H23N3O3S2. The Labute approximate surface area is 200 Å². The smallest absolute Gasteiger partial charge is 0.273 e. The molecule has 4 rings (SSSR count). The second-order valence-corrected chi connectivity index (χ2v) is 9.40. The Morgan fingerprint density at radius 3 is 2.48 bits per heavy atom. The van der Waals surface area contributed by atoms with Crippen molar-refractivity contribution >= 4 is 40.7 Å². The minimum atomic E-state index is -0.337. The van der Waals surface area contributed by atoms with Gasteiger partial charge in [0.15, 0.2) is 5.57 Å². The Hall–Kier alpha value is -3.28. The van der Waals surface area contributed by atoms with Crippen molar-refractivity contribution in [1.82, 2.24) is 9.47 Å². The molecule has 0 unspecified atom stereocenters. The van der Waals surface area contributed by atoms with Crippen molar-refractivity contribution < 1.29 is 9.53 Å². The van der Waals surface area contributed by atoms with Crippen LogP contribution in [-0.2, 0) is 4.79 Å². The van der Waals surface area contributed by atoms with Crippen molar-refractivity contribution in [2.75, 3.05) is 26.5 Å². The topological polar surface area (TPSA) is 75.3 Å². The van der Waals surface area contributed by atoms with E-state index in [4.69, 9.17) is 4.74 Å². The standard InChI is InChI=1S/C25H23N3O3S2/c1-31-21-8-4-3-7-20(21)28-24(30)22(15-17-9-11-18(32-2)12-10-17)33-25(28)19(16-26)23(29)27-13-5-6-14-27/h3-4,7-12,15H,5-6,13-14H2,1-2H3/b22-15+,25-19-. The maximum absolute atomic E-state index is 13.6. The third kappa shape index (κ3) is 4.61. The number of hydrogen-bond acceptors (Lipinski definition) is 6. The van der Waals surface area contributed by atoms with E-state index in [1.54, 1.807) is 40.9 Å². The van der Waals surface area contributed by atoms with Crippen LogP contribution in [0.2, 0.25) is 0 Å². The third-order valence-electron chi connectivity index (χ3n) is 5.50. The Morgan fingerprint density at radius 1 is 1.15 bits per heavy atom. The zero-order valence-electron chi connectivity index (χ0n) is 18.4. The molecule has 3 aromatic rings. The van der Waals surface area contributed by atoms with Crippen LogP contribution in [0.15, 0.2) is 58.2 Å². The first-order valence-corrected chi connectivity index (χ1v) is 12.6. The van der Waals surface area contributed by atoms with Crippen LogP contribution in [-0.4, -0.2) is 41.8 Å². The zero-order valence-corrected chi connectivity index (χ0v) is 20.0. The Balaban J connectivity index is 2.01. The van der Waals surface area contributed by atoms with Gasteiger partial charge in [0.1, 0.15) is 16.5 Å². The number of thioether (sulfide) groups is 1. The SMILES string of the molecule is COc1ccccc1-n1c(=O)/c(=C\c2ccc(SC)cc2)s/c1=C(/C#N)C(=O)N1CCCC1. The lowest BCUT2D eigenvalue weighted by atomic mass is 10.2. The predicted octanol–water partition coefficient (Wildman–Crippen LogP) is 2.75. The number of amides is 1. The number of hydrogen-bond donors (Lipinski definition) is 0. The molecule has 168 valence electrons. The van der Waals surface area contributed by atoms with Gasteiger partial charge in [-0.25, -0.2) is 0 Å². The van der Waals surface area contributed by atoms with Gasteiger partial charge in [0.25, 0.3) is 11.5 Å². The number of para-hydroxylation sites is 2. The Bertz CT molecular complexity index is 1390. The third-order valence-corrected chi connectivity index (χ3v) is 7.33. The summed E-state index contributed by atoms with van der Waals surface area (Å²) in [5.41, 5.74) is 1.04. The zero-order chi connectivity index (χ0) is 23.4. The van der Waals surface area contributed by atoms with Gasteiger partial charge in [-0.2, -0.15) is 5.26 Å². The van der Waals surface area contributed by atoms with Crippen LogP contribution >= 0.6 is 23.1 Å². The normalized spacial score (nSPS) is 14.8. The molecule has 2 heterocycles. The van der Waals surface area contributed by atoms with Crippen LogP contribution in [0.5, 0.6) is 5.75 Å². The highest BCUT2D eigenvalue weighted by Crippen LogP contribution is 2.20.